The lowest BCUT2D eigenvalue weighted by Gasteiger charge is -2.44. The topological polar surface area (TPSA) is 60.9 Å². The summed E-state index contributed by atoms with van der Waals surface area (Å²) < 4.78 is 0. The Labute approximate surface area is 156 Å². The van der Waals surface area contributed by atoms with E-state index in [1.807, 2.05) is 4.90 Å². The zero-order chi connectivity index (χ0) is 18.7. The molecule has 0 saturated carbocycles. The number of β-amino-alcohol motifs (C(OH)–C–C–N with tert-alkyl or cyclic N) is 1. The van der Waals surface area contributed by atoms with E-state index in [0.717, 1.165) is 25.7 Å². The van der Waals surface area contributed by atoms with Crippen LogP contribution in [-0.2, 0) is 16.0 Å². The number of rotatable bonds is 5. The molecule has 2 aliphatic heterocycles. The van der Waals surface area contributed by atoms with Gasteiger partial charge in [-0.3, -0.25) is 9.59 Å². The Morgan fingerprint density at radius 1 is 1.12 bits per heavy atom. The molecule has 2 heterocycles. The van der Waals surface area contributed by atoms with Gasteiger partial charge in [-0.15, -0.1) is 0 Å². The number of carbonyl (C=O) groups is 2. The first-order valence-corrected chi connectivity index (χ1v) is 9.74. The van der Waals surface area contributed by atoms with Crippen LogP contribution in [0.2, 0.25) is 0 Å². The average Bonchev–Trinajstić information content (AvgIpc) is 3.01. The van der Waals surface area contributed by atoms with E-state index in [0.29, 0.717) is 32.5 Å². The molecular weight excluding hydrogens is 328 g/mol. The highest BCUT2D eigenvalue weighted by Crippen LogP contribution is 2.38. The summed E-state index contributed by atoms with van der Waals surface area (Å²) in [7, 11) is 0. The highest BCUT2D eigenvalue weighted by atomic mass is 16.3. The summed E-state index contributed by atoms with van der Waals surface area (Å²) in [5.74, 6) is 0.121. The van der Waals surface area contributed by atoms with Crippen molar-refractivity contribution in [1.82, 2.24) is 9.80 Å². The predicted octanol–water partition coefficient (Wildman–Crippen LogP) is 2.21. The van der Waals surface area contributed by atoms with Gasteiger partial charge >= 0.3 is 0 Å². The molecule has 3 rings (SSSR count). The Balaban J connectivity index is 1.70. The van der Waals surface area contributed by atoms with Crippen molar-refractivity contribution in [2.75, 3.05) is 26.2 Å². The number of amides is 2. The molecule has 26 heavy (non-hydrogen) atoms. The first-order chi connectivity index (χ1) is 12.5. The quantitative estimate of drug-likeness (QED) is 0.878. The Bertz CT molecular complexity index is 666. The summed E-state index contributed by atoms with van der Waals surface area (Å²) in [6, 6.07) is 6.40. The summed E-state index contributed by atoms with van der Waals surface area (Å²) in [5.41, 5.74) is 2.95. The molecule has 142 valence electrons. The van der Waals surface area contributed by atoms with Gasteiger partial charge in [0.25, 0.3) is 0 Å². The van der Waals surface area contributed by atoms with Crippen LogP contribution in [0.3, 0.4) is 0 Å². The second kappa shape index (κ2) is 7.78. The van der Waals surface area contributed by atoms with Crippen LogP contribution in [0.15, 0.2) is 18.2 Å². The van der Waals surface area contributed by atoms with E-state index in [2.05, 4.69) is 32.0 Å². The molecule has 1 aromatic carbocycles. The SMILES string of the molecule is Cc1cc(C)cc(CCC(=O)N2CCCC23CCCN(CCO)C3=O)c1. The molecular formula is C21H30N2O3. The van der Waals surface area contributed by atoms with Crippen LogP contribution in [0.4, 0.5) is 0 Å². The van der Waals surface area contributed by atoms with Crippen LogP contribution in [0.25, 0.3) is 0 Å². The second-order valence-corrected chi connectivity index (χ2v) is 7.80. The fraction of sp³-hybridized carbons (Fsp3) is 0.619. The van der Waals surface area contributed by atoms with Crippen molar-refractivity contribution in [3.05, 3.63) is 34.9 Å². The van der Waals surface area contributed by atoms with Crippen molar-refractivity contribution in [3.8, 4) is 0 Å². The lowest BCUT2D eigenvalue weighted by molar-refractivity contribution is -0.155. The summed E-state index contributed by atoms with van der Waals surface area (Å²) in [6.45, 7) is 5.85. The van der Waals surface area contributed by atoms with Gasteiger partial charge in [0, 0.05) is 26.1 Å². The van der Waals surface area contributed by atoms with Crippen molar-refractivity contribution < 1.29 is 14.7 Å². The van der Waals surface area contributed by atoms with E-state index < -0.39 is 5.54 Å². The molecule has 5 nitrogen and oxygen atoms in total. The summed E-state index contributed by atoms with van der Waals surface area (Å²) >= 11 is 0. The van der Waals surface area contributed by atoms with Crippen LogP contribution in [0, 0.1) is 13.8 Å². The smallest absolute Gasteiger partial charge is 0.248 e. The number of benzene rings is 1. The standard InChI is InChI=1S/C21H30N2O3/c1-16-13-17(2)15-18(14-16)5-6-19(25)23-10-4-8-21(23)7-3-9-22(11-12-24)20(21)26/h13-15,24H,3-12H2,1-2H3. The minimum absolute atomic E-state index is 0.0253. The maximum Gasteiger partial charge on any atom is 0.248 e. The van der Waals surface area contributed by atoms with Crippen LogP contribution < -0.4 is 0 Å². The summed E-state index contributed by atoms with van der Waals surface area (Å²) in [5, 5.41) is 9.22. The molecule has 1 spiro atoms. The molecule has 2 fully saturated rings. The Hall–Kier alpha value is -1.88. The number of hydrogen-bond donors (Lipinski definition) is 1. The number of hydrogen-bond acceptors (Lipinski definition) is 3. The Kier molecular flexibility index (Phi) is 5.66. The largest absolute Gasteiger partial charge is 0.395 e. The summed E-state index contributed by atoms with van der Waals surface area (Å²) in [6.07, 6.45) is 4.44. The van der Waals surface area contributed by atoms with Crippen LogP contribution >= 0.6 is 0 Å². The van der Waals surface area contributed by atoms with Gasteiger partial charge < -0.3 is 14.9 Å². The van der Waals surface area contributed by atoms with Gasteiger partial charge in [0.1, 0.15) is 5.54 Å². The van der Waals surface area contributed by atoms with E-state index >= 15 is 0 Å². The van der Waals surface area contributed by atoms with Gasteiger partial charge in [-0.05, 0) is 51.5 Å². The molecule has 0 aromatic heterocycles. The van der Waals surface area contributed by atoms with E-state index in [1.165, 1.54) is 16.7 Å². The zero-order valence-electron chi connectivity index (χ0n) is 16.0. The molecule has 0 radical (unpaired) electrons. The van der Waals surface area contributed by atoms with E-state index in [1.54, 1.807) is 4.90 Å². The van der Waals surface area contributed by atoms with Crippen molar-refractivity contribution in [2.45, 2.75) is 57.9 Å². The number of aliphatic hydroxyl groups is 1. The number of likely N-dealkylation sites (tertiary alicyclic amines) is 2. The van der Waals surface area contributed by atoms with Crippen molar-refractivity contribution in [2.24, 2.45) is 0 Å². The third-order valence-corrected chi connectivity index (χ3v) is 5.77. The van der Waals surface area contributed by atoms with Crippen LogP contribution in [0.5, 0.6) is 0 Å². The highest BCUT2D eigenvalue weighted by molar-refractivity contribution is 5.92. The van der Waals surface area contributed by atoms with Crippen molar-refractivity contribution in [3.63, 3.8) is 0 Å². The molecule has 2 aliphatic rings. The minimum atomic E-state index is -0.660. The number of piperidine rings is 1. The molecule has 0 aliphatic carbocycles. The first-order valence-electron chi connectivity index (χ1n) is 9.74. The maximum atomic E-state index is 13.0. The highest BCUT2D eigenvalue weighted by Gasteiger charge is 2.52. The normalized spacial score (nSPS) is 23.1. The van der Waals surface area contributed by atoms with Gasteiger partial charge in [0.05, 0.1) is 6.61 Å². The Morgan fingerprint density at radius 2 is 1.77 bits per heavy atom. The van der Waals surface area contributed by atoms with Gasteiger partial charge in [-0.25, -0.2) is 0 Å². The van der Waals surface area contributed by atoms with E-state index in [9.17, 15) is 14.7 Å². The number of aliphatic hydroxyl groups excluding tert-OH is 1. The van der Waals surface area contributed by atoms with E-state index in [-0.39, 0.29) is 18.4 Å². The van der Waals surface area contributed by atoms with Crippen molar-refractivity contribution in [1.29, 1.82) is 0 Å². The van der Waals surface area contributed by atoms with Crippen LogP contribution in [-0.4, -0.2) is 58.5 Å². The predicted molar refractivity (Wildman–Crippen MR) is 101 cm³/mol. The zero-order valence-corrected chi connectivity index (χ0v) is 16.0. The van der Waals surface area contributed by atoms with E-state index in [4.69, 9.17) is 0 Å². The number of carbonyl (C=O) groups excluding carboxylic acids is 2. The van der Waals surface area contributed by atoms with Gasteiger partial charge in [-0.1, -0.05) is 29.3 Å². The van der Waals surface area contributed by atoms with Crippen molar-refractivity contribution >= 4 is 11.8 Å². The fourth-order valence-electron chi connectivity index (χ4n) is 4.72. The maximum absolute atomic E-state index is 13.0. The van der Waals surface area contributed by atoms with Gasteiger partial charge in [-0.2, -0.15) is 0 Å². The molecule has 1 N–H and O–H groups in total. The monoisotopic (exact) mass is 358 g/mol. The fourth-order valence-corrected chi connectivity index (χ4v) is 4.72. The first kappa shape index (κ1) is 18.9. The average molecular weight is 358 g/mol. The molecule has 2 amide bonds. The molecule has 5 heteroatoms. The molecule has 1 unspecified atom stereocenters. The number of nitrogens with zero attached hydrogens (tertiary/aromatic N) is 2. The molecule has 1 aromatic rings. The summed E-state index contributed by atoms with van der Waals surface area (Å²) in [4.78, 5) is 29.6. The lowest BCUT2D eigenvalue weighted by atomic mass is 9.85. The van der Waals surface area contributed by atoms with Gasteiger partial charge in [0.15, 0.2) is 0 Å². The minimum Gasteiger partial charge on any atom is -0.395 e. The molecule has 0 bridgehead atoms. The van der Waals surface area contributed by atoms with Gasteiger partial charge in [0.2, 0.25) is 11.8 Å². The van der Waals surface area contributed by atoms with Crippen LogP contribution in [0.1, 0.15) is 48.8 Å². The number of aryl methyl sites for hydroxylation is 3. The third kappa shape index (κ3) is 3.63. The lowest BCUT2D eigenvalue weighted by Crippen LogP contribution is -2.61. The third-order valence-electron chi connectivity index (χ3n) is 5.77. The molecule has 1 atom stereocenters. The second-order valence-electron chi connectivity index (χ2n) is 7.80. The molecule has 2 saturated heterocycles. The Morgan fingerprint density at radius 3 is 2.42 bits per heavy atom.